The molecule has 7 heteroatoms. The Labute approximate surface area is 155 Å². The Hall–Kier alpha value is -2.67. The molecule has 0 saturated carbocycles. The van der Waals surface area contributed by atoms with E-state index in [2.05, 4.69) is 15.5 Å². The molecule has 0 bridgehead atoms. The summed E-state index contributed by atoms with van der Waals surface area (Å²) in [4.78, 5) is 12.5. The van der Waals surface area contributed by atoms with Crippen LogP contribution in [0.3, 0.4) is 0 Å². The summed E-state index contributed by atoms with van der Waals surface area (Å²) in [6, 6.07) is 15.7. The minimum atomic E-state index is -0.353. The Kier molecular flexibility index (Phi) is 5.68. The van der Waals surface area contributed by atoms with Gasteiger partial charge in [0.05, 0.1) is 10.8 Å². The Morgan fingerprint density at radius 1 is 1.15 bits per heavy atom. The fourth-order valence-electron chi connectivity index (χ4n) is 2.49. The fourth-order valence-corrected chi connectivity index (χ4v) is 3.41. The van der Waals surface area contributed by atoms with Gasteiger partial charge in [-0.1, -0.05) is 49.0 Å². The van der Waals surface area contributed by atoms with Gasteiger partial charge in [-0.15, -0.1) is 10.2 Å². The number of hydrogen-bond donors (Lipinski definition) is 1. The first kappa shape index (κ1) is 18.1. The van der Waals surface area contributed by atoms with Crippen LogP contribution in [0.25, 0.3) is 11.4 Å². The number of rotatable bonds is 6. The van der Waals surface area contributed by atoms with Gasteiger partial charge in [0.2, 0.25) is 5.91 Å². The van der Waals surface area contributed by atoms with Gasteiger partial charge in [0.25, 0.3) is 0 Å². The Morgan fingerprint density at radius 3 is 2.54 bits per heavy atom. The number of anilines is 1. The third-order valence-electron chi connectivity index (χ3n) is 3.90. The highest BCUT2D eigenvalue weighted by Gasteiger charge is 2.22. The molecule has 5 nitrogen and oxygen atoms in total. The molecule has 0 saturated heterocycles. The Bertz CT molecular complexity index is 898. The lowest BCUT2D eigenvalue weighted by Crippen LogP contribution is -2.25. The zero-order valence-electron chi connectivity index (χ0n) is 14.5. The summed E-state index contributed by atoms with van der Waals surface area (Å²) in [6.07, 6.45) is 0.630. The average molecular weight is 370 g/mol. The lowest BCUT2D eigenvalue weighted by molar-refractivity contribution is -0.115. The molecule has 3 rings (SSSR count). The molecule has 0 aliphatic carbocycles. The highest BCUT2D eigenvalue weighted by Crippen LogP contribution is 2.28. The Morgan fingerprint density at radius 2 is 1.85 bits per heavy atom. The number of carbonyl (C=O) groups excluding carboxylic acids is 1. The summed E-state index contributed by atoms with van der Waals surface area (Å²) >= 11 is 1.32. The summed E-state index contributed by atoms with van der Waals surface area (Å²) in [5, 5.41) is 11.4. The summed E-state index contributed by atoms with van der Waals surface area (Å²) in [5.41, 5.74) is 1.14. The molecule has 1 aromatic heterocycles. The second-order valence-electron chi connectivity index (χ2n) is 5.72. The van der Waals surface area contributed by atoms with Gasteiger partial charge in [-0.2, -0.15) is 0 Å². The third-order valence-corrected chi connectivity index (χ3v) is 5.30. The zero-order chi connectivity index (χ0) is 18.5. The van der Waals surface area contributed by atoms with Crippen molar-refractivity contribution < 1.29 is 9.18 Å². The van der Waals surface area contributed by atoms with Crippen LogP contribution < -0.4 is 5.32 Å². The maximum atomic E-state index is 14.0. The maximum absolute atomic E-state index is 14.0. The summed E-state index contributed by atoms with van der Waals surface area (Å²) in [5.74, 6) is -0.0172. The number of thioether (sulfide) groups is 1. The molecule has 3 aromatic rings. The van der Waals surface area contributed by atoms with Gasteiger partial charge in [-0.05, 0) is 30.7 Å². The molecule has 0 spiro atoms. The summed E-state index contributed by atoms with van der Waals surface area (Å²) in [7, 11) is 1.77. The second-order valence-corrected chi connectivity index (χ2v) is 6.88. The van der Waals surface area contributed by atoms with Crippen molar-refractivity contribution in [2.45, 2.75) is 23.8 Å². The van der Waals surface area contributed by atoms with Crippen molar-refractivity contribution in [1.82, 2.24) is 14.8 Å². The van der Waals surface area contributed by atoms with Gasteiger partial charge in [0.1, 0.15) is 5.82 Å². The average Bonchev–Trinajstić information content (AvgIpc) is 3.01. The van der Waals surface area contributed by atoms with E-state index in [9.17, 15) is 9.18 Å². The van der Waals surface area contributed by atoms with Gasteiger partial charge in [0, 0.05) is 12.7 Å². The largest absolute Gasteiger partial charge is 0.325 e. The van der Waals surface area contributed by atoms with Crippen molar-refractivity contribution in [2.24, 2.45) is 7.05 Å². The Balaban J connectivity index is 1.77. The third kappa shape index (κ3) is 3.94. The van der Waals surface area contributed by atoms with E-state index in [0.717, 1.165) is 5.69 Å². The molecule has 2 aromatic carbocycles. The number of benzene rings is 2. The zero-order valence-corrected chi connectivity index (χ0v) is 15.3. The molecular formula is C19H19FN4OS. The van der Waals surface area contributed by atoms with Crippen molar-refractivity contribution in [2.75, 3.05) is 5.32 Å². The monoisotopic (exact) mass is 370 g/mol. The van der Waals surface area contributed by atoms with Gasteiger partial charge in [0.15, 0.2) is 11.0 Å². The van der Waals surface area contributed by atoms with E-state index >= 15 is 0 Å². The van der Waals surface area contributed by atoms with Crippen LogP contribution in [0.4, 0.5) is 10.1 Å². The van der Waals surface area contributed by atoms with Crippen molar-refractivity contribution >= 4 is 23.4 Å². The number of hydrogen-bond acceptors (Lipinski definition) is 4. The van der Waals surface area contributed by atoms with Crippen LogP contribution in [0.1, 0.15) is 13.3 Å². The predicted molar refractivity (Wildman–Crippen MR) is 101 cm³/mol. The van der Waals surface area contributed by atoms with Crippen LogP contribution in [-0.4, -0.2) is 25.9 Å². The van der Waals surface area contributed by atoms with Crippen molar-refractivity contribution in [3.63, 3.8) is 0 Å². The van der Waals surface area contributed by atoms with Gasteiger partial charge in [-0.3, -0.25) is 4.79 Å². The number of nitrogens with zero attached hydrogens (tertiary/aromatic N) is 3. The summed E-state index contributed by atoms with van der Waals surface area (Å²) in [6.45, 7) is 1.94. The van der Waals surface area contributed by atoms with Crippen LogP contribution in [-0.2, 0) is 11.8 Å². The topological polar surface area (TPSA) is 59.8 Å². The molecule has 1 N–H and O–H groups in total. The van der Waals surface area contributed by atoms with E-state index in [1.165, 1.54) is 17.8 Å². The SMILES string of the molecule is CC[C@H](Sc1nnc(-c2ccccc2F)n1C)C(=O)Nc1ccccc1. The quantitative estimate of drug-likeness (QED) is 0.663. The number of nitrogens with one attached hydrogen (secondary N) is 1. The van der Waals surface area contributed by atoms with E-state index in [-0.39, 0.29) is 17.0 Å². The number of aromatic nitrogens is 3. The number of amides is 1. The lowest BCUT2D eigenvalue weighted by Gasteiger charge is -2.14. The van der Waals surface area contributed by atoms with Crippen molar-refractivity contribution in [3.05, 3.63) is 60.4 Å². The number of para-hydroxylation sites is 1. The van der Waals surface area contributed by atoms with Crippen molar-refractivity contribution in [1.29, 1.82) is 0 Å². The summed E-state index contributed by atoms with van der Waals surface area (Å²) < 4.78 is 15.7. The number of halogens is 1. The fraction of sp³-hybridized carbons (Fsp3) is 0.211. The molecule has 0 aliphatic heterocycles. The van der Waals surface area contributed by atoms with Crippen LogP contribution in [0.5, 0.6) is 0 Å². The molecule has 0 unspecified atom stereocenters. The molecule has 1 atom stereocenters. The van der Waals surface area contributed by atoms with Crippen LogP contribution >= 0.6 is 11.8 Å². The molecule has 0 radical (unpaired) electrons. The van der Waals surface area contributed by atoms with Crippen molar-refractivity contribution in [3.8, 4) is 11.4 Å². The molecule has 0 fully saturated rings. The standard InChI is InChI=1S/C19H19FN4OS/c1-3-16(18(25)21-13-9-5-4-6-10-13)26-19-23-22-17(24(19)2)14-11-7-8-12-15(14)20/h4-12,16H,3H2,1-2H3,(H,21,25)/t16-/m0/s1. The van der Waals surface area contributed by atoms with E-state index in [1.54, 1.807) is 29.8 Å². The number of carbonyl (C=O) groups is 1. The highest BCUT2D eigenvalue weighted by molar-refractivity contribution is 8.00. The van der Waals surface area contributed by atoms with Crippen LogP contribution in [0.15, 0.2) is 59.8 Å². The first-order valence-electron chi connectivity index (χ1n) is 8.27. The lowest BCUT2D eigenvalue weighted by atomic mass is 10.2. The molecule has 26 heavy (non-hydrogen) atoms. The van der Waals surface area contributed by atoms with Gasteiger partial charge < -0.3 is 9.88 Å². The minimum absolute atomic E-state index is 0.0980. The van der Waals surface area contributed by atoms with E-state index in [1.807, 2.05) is 37.3 Å². The normalized spacial score (nSPS) is 12.0. The predicted octanol–water partition coefficient (Wildman–Crippen LogP) is 4.13. The first-order chi connectivity index (χ1) is 12.6. The van der Waals surface area contributed by atoms with Gasteiger partial charge in [-0.25, -0.2) is 4.39 Å². The van der Waals surface area contributed by atoms with Crippen LogP contribution in [0, 0.1) is 5.82 Å². The molecular weight excluding hydrogens is 351 g/mol. The van der Waals surface area contributed by atoms with Gasteiger partial charge >= 0.3 is 0 Å². The van der Waals surface area contributed by atoms with E-state index in [0.29, 0.717) is 23.0 Å². The minimum Gasteiger partial charge on any atom is -0.325 e. The first-order valence-corrected chi connectivity index (χ1v) is 9.15. The second kappa shape index (κ2) is 8.14. The van der Waals surface area contributed by atoms with E-state index in [4.69, 9.17) is 0 Å². The molecule has 134 valence electrons. The van der Waals surface area contributed by atoms with Crippen LogP contribution in [0.2, 0.25) is 0 Å². The highest BCUT2D eigenvalue weighted by atomic mass is 32.2. The maximum Gasteiger partial charge on any atom is 0.237 e. The van der Waals surface area contributed by atoms with E-state index < -0.39 is 0 Å². The molecule has 1 heterocycles. The molecule has 1 amide bonds. The molecule has 0 aliphatic rings. The smallest absolute Gasteiger partial charge is 0.237 e.